The number of hydrogen-bond donors (Lipinski definition) is 1. The molecule has 0 saturated heterocycles. The normalized spacial score (nSPS) is 11.0. The molecule has 0 heterocycles. The van der Waals surface area contributed by atoms with Gasteiger partial charge >= 0.3 is 5.97 Å². The van der Waals surface area contributed by atoms with Crippen molar-refractivity contribution in [3.63, 3.8) is 0 Å². The van der Waals surface area contributed by atoms with E-state index < -0.39 is 11.9 Å². The standard InChI is InChI=1S/C30H28N2O5/c1-3-17-36-26-13-9-22(10-14-26)12-16-29(33)37-27-15-11-24(19-28(27)35-2)18-25(20-31)30(34)32-21-23-7-5-4-6-8-23/h4-16,18-19H,3,17,21H2,1-2H3,(H,32,34)/b16-12+,25-18+. The Morgan fingerprint density at radius 3 is 2.38 bits per heavy atom. The van der Waals surface area contributed by atoms with Gasteiger partial charge in [-0.1, -0.05) is 55.5 Å². The minimum atomic E-state index is -0.578. The molecule has 3 aromatic carbocycles. The van der Waals surface area contributed by atoms with E-state index >= 15 is 0 Å². The van der Waals surface area contributed by atoms with Gasteiger partial charge in [0.1, 0.15) is 17.4 Å². The van der Waals surface area contributed by atoms with Gasteiger partial charge in [0.2, 0.25) is 0 Å². The van der Waals surface area contributed by atoms with Crippen LogP contribution in [0.2, 0.25) is 0 Å². The number of methoxy groups -OCH3 is 1. The molecule has 0 atom stereocenters. The van der Waals surface area contributed by atoms with E-state index in [4.69, 9.17) is 14.2 Å². The zero-order chi connectivity index (χ0) is 26.5. The first-order valence-corrected chi connectivity index (χ1v) is 11.8. The molecule has 0 aromatic heterocycles. The summed E-state index contributed by atoms with van der Waals surface area (Å²) >= 11 is 0. The van der Waals surface area contributed by atoms with Crippen molar-refractivity contribution in [2.75, 3.05) is 13.7 Å². The summed E-state index contributed by atoms with van der Waals surface area (Å²) in [4.78, 5) is 24.8. The van der Waals surface area contributed by atoms with Gasteiger partial charge < -0.3 is 19.5 Å². The van der Waals surface area contributed by atoms with Gasteiger partial charge in [0.15, 0.2) is 11.5 Å². The molecule has 188 valence electrons. The van der Waals surface area contributed by atoms with Crippen LogP contribution in [-0.4, -0.2) is 25.6 Å². The SMILES string of the molecule is CCCOc1ccc(/C=C/C(=O)Oc2ccc(/C=C(\C#N)C(=O)NCc3ccccc3)cc2OC)cc1. The molecule has 0 bridgehead atoms. The van der Waals surface area contributed by atoms with E-state index in [-0.39, 0.29) is 17.1 Å². The molecule has 0 aliphatic rings. The first-order chi connectivity index (χ1) is 18.0. The van der Waals surface area contributed by atoms with Crippen LogP contribution in [0.25, 0.3) is 12.2 Å². The van der Waals surface area contributed by atoms with Gasteiger partial charge in [0.05, 0.1) is 13.7 Å². The lowest BCUT2D eigenvalue weighted by molar-refractivity contribution is -0.129. The lowest BCUT2D eigenvalue weighted by Crippen LogP contribution is -2.23. The van der Waals surface area contributed by atoms with Gasteiger partial charge in [0, 0.05) is 12.6 Å². The van der Waals surface area contributed by atoms with Crippen LogP contribution in [0.1, 0.15) is 30.0 Å². The van der Waals surface area contributed by atoms with Crippen LogP contribution in [-0.2, 0) is 16.1 Å². The molecule has 1 N–H and O–H groups in total. The second kappa shape index (κ2) is 13.9. The molecule has 0 aliphatic carbocycles. The number of nitriles is 1. The molecule has 7 nitrogen and oxygen atoms in total. The van der Waals surface area contributed by atoms with E-state index in [1.807, 2.05) is 67.6 Å². The topological polar surface area (TPSA) is 97.7 Å². The Balaban J connectivity index is 1.64. The average molecular weight is 497 g/mol. The molecule has 0 aliphatic heterocycles. The number of carbonyl (C=O) groups excluding carboxylic acids is 2. The van der Waals surface area contributed by atoms with Crippen molar-refractivity contribution in [1.29, 1.82) is 5.26 Å². The summed E-state index contributed by atoms with van der Waals surface area (Å²) in [7, 11) is 1.44. The van der Waals surface area contributed by atoms with E-state index in [0.717, 1.165) is 23.3 Å². The maximum absolute atomic E-state index is 12.5. The van der Waals surface area contributed by atoms with Crippen molar-refractivity contribution in [2.45, 2.75) is 19.9 Å². The Morgan fingerprint density at radius 2 is 1.70 bits per heavy atom. The van der Waals surface area contributed by atoms with Gasteiger partial charge in [0.25, 0.3) is 5.91 Å². The second-order valence-corrected chi connectivity index (χ2v) is 7.92. The van der Waals surface area contributed by atoms with E-state index in [1.54, 1.807) is 24.3 Å². The van der Waals surface area contributed by atoms with Crippen molar-refractivity contribution in [3.8, 4) is 23.3 Å². The first-order valence-electron chi connectivity index (χ1n) is 11.8. The molecule has 0 spiro atoms. The molecule has 37 heavy (non-hydrogen) atoms. The fourth-order valence-corrected chi connectivity index (χ4v) is 3.25. The molecule has 3 rings (SSSR count). The molecule has 3 aromatic rings. The van der Waals surface area contributed by atoms with Crippen molar-refractivity contribution < 1.29 is 23.8 Å². The molecule has 0 unspecified atom stereocenters. The van der Waals surface area contributed by atoms with Gasteiger partial charge in [-0.3, -0.25) is 4.79 Å². The Labute approximate surface area is 216 Å². The first kappa shape index (κ1) is 26.8. The number of nitrogens with one attached hydrogen (secondary N) is 1. The summed E-state index contributed by atoms with van der Waals surface area (Å²) in [5, 5.41) is 12.2. The van der Waals surface area contributed by atoms with Crippen LogP contribution in [0.15, 0.2) is 84.4 Å². The summed E-state index contributed by atoms with van der Waals surface area (Å²) in [6.45, 7) is 3.00. The quantitative estimate of drug-likeness (QED) is 0.167. The Morgan fingerprint density at radius 1 is 0.973 bits per heavy atom. The molecule has 0 fully saturated rings. The number of benzene rings is 3. The third kappa shape index (κ3) is 8.41. The third-order valence-corrected chi connectivity index (χ3v) is 5.14. The van der Waals surface area contributed by atoms with Crippen molar-refractivity contribution >= 4 is 24.0 Å². The maximum Gasteiger partial charge on any atom is 0.336 e. The lowest BCUT2D eigenvalue weighted by atomic mass is 10.1. The molecular weight excluding hydrogens is 468 g/mol. The predicted molar refractivity (Wildman–Crippen MR) is 142 cm³/mol. The highest BCUT2D eigenvalue weighted by molar-refractivity contribution is 6.01. The highest BCUT2D eigenvalue weighted by atomic mass is 16.6. The molecule has 0 radical (unpaired) electrons. The highest BCUT2D eigenvalue weighted by Crippen LogP contribution is 2.29. The average Bonchev–Trinajstić information content (AvgIpc) is 2.94. The van der Waals surface area contributed by atoms with Crippen LogP contribution in [0.3, 0.4) is 0 Å². The minimum absolute atomic E-state index is 0.0585. The largest absolute Gasteiger partial charge is 0.494 e. The van der Waals surface area contributed by atoms with Gasteiger partial charge in [-0.15, -0.1) is 0 Å². The monoisotopic (exact) mass is 496 g/mol. The smallest absolute Gasteiger partial charge is 0.336 e. The third-order valence-electron chi connectivity index (χ3n) is 5.14. The number of nitrogens with zero attached hydrogens (tertiary/aromatic N) is 1. The summed E-state index contributed by atoms with van der Waals surface area (Å²) in [5.41, 5.74) is 2.23. The van der Waals surface area contributed by atoms with Crippen LogP contribution < -0.4 is 19.5 Å². The number of carbonyl (C=O) groups is 2. The molecule has 7 heteroatoms. The van der Waals surface area contributed by atoms with Gasteiger partial charge in [-0.25, -0.2) is 4.79 Å². The zero-order valence-electron chi connectivity index (χ0n) is 20.8. The van der Waals surface area contributed by atoms with Crippen molar-refractivity contribution in [1.82, 2.24) is 5.32 Å². The Hall–Kier alpha value is -4.83. The number of hydrogen-bond acceptors (Lipinski definition) is 6. The second-order valence-electron chi connectivity index (χ2n) is 7.92. The minimum Gasteiger partial charge on any atom is -0.494 e. The number of esters is 1. The summed E-state index contributed by atoms with van der Waals surface area (Å²) in [6, 6.07) is 23.5. The lowest BCUT2D eigenvalue weighted by Gasteiger charge is -2.09. The highest BCUT2D eigenvalue weighted by Gasteiger charge is 2.12. The number of ether oxygens (including phenoxy) is 3. The molecule has 1 amide bonds. The number of amides is 1. The molecular formula is C30H28N2O5. The van der Waals surface area contributed by atoms with E-state index in [0.29, 0.717) is 18.7 Å². The summed E-state index contributed by atoms with van der Waals surface area (Å²) in [6.07, 6.45) is 5.34. The summed E-state index contributed by atoms with van der Waals surface area (Å²) < 4.78 is 16.3. The Bertz CT molecular complexity index is 1310. The van der Waals surface area contributed by atoms with Crippen LogP contribution >= 0.6 is 0 Å². The number of rotatable bonds is 11. The van der Waals surface area contributed by atoms with E-state index in [9.17, 15) is 14.9 Å². The van der Waals surface area contributed by atoms with E-state index in [1.165, 1.54) is 19.3 Å². The molecule has 0 saturated carbocycles. The van der Waals surface area contributed by atoms with Gasteiger partial charge in [-0.05, 0) is 59.5 Å². The van der Waals surface area contributed by atoms with Crippen LogP contribution in [0.5, 0.6) is 17.2 Å². The Kier molecular flexibility index (Phi) is 10.1. The van der Waals surface area contributed by atoms with E-state index in [2.05, 4.69) is 5.32 Å². The fourth-order valence-electron chi connectivity index (χ4n) is 3.25. The van der Waals surface area contributed by atoms with Crippen LogP contribution in [0.4, 0.5) is 0 Å². The summed E-state index contributed by atoms with van der Waals surface area (Å²) in [5.74, 6) is 0.204. The van der Waals surface area contributed by atoms with Gasteiger partial charge in [-0.2, -0.15) is 5.26 Å². The van der Waals surface area contributed by atoms with Crippen LogP contribution in [0, 0.1) is 11.3 Å². The predicted octanol–water partition coefficient (Wildman–Crippen LogP) is 5.33. The zero-order valence-corrected chi connectivity index (χ0v) is 20.8. The maximum atomic E-state index is 12.5. The van der Waals surface area contributed by atoms with Crippen molar-refractivity contribution in [3.05, 3.63) is 101 Å². The van der Waals surface area contributed by atoms with Crippen molar-refractivity contribution in [2.24, 2.45) is 0 Å². The fraction of sp³-hybridized carbons (Fsp3) is 0.167.